The minimum absolute atomic E-state index is 0.0214. The van der Waals surface area contributed by atoms with Gasteiger partial charge in [-0.2, -0.15) is 5.26 Å². The zero-order chi connectivity index (χ0) is 18.2. The smallest absolute Gasteiger partial charge is 0.312 e. The number of carbonyl (C=O) groups is 2. The summed E-state index contributed by atoms with van der Waals surface area (Å²) in [6.45, 7) is -0.0214. The maximum Gasteiger partial charge on any atom is 0.312 e. The third kappa shape index (κ3) is 5.52. The highest BCUT2D eigenvalue weighted by atomic mass is 35.5. The van der Waals surface area contributed by atoms with Crippen LogP contribution in [-0.2, 0) is 16.1 Å². The number of urea groups is 1. The van der Waals surface area contributed by atoms with E-state index in [0.717, 1.165) is 0 Å². The quantitative estimate of drug-likeness (QED) is 0.775. The number of carbonyl (C=O) groups excluding carboxylic acids is 2. The Kier molecular flexibility index (Phi) is 6.38. The number of esters is 1. The number of halogens is 1. The van der Waals surface area contributed by atoms with Gasteiger partial charge in [-0.15, -0.1) is 0 Å². The molecule has 1 atom stereocenters. The molecule has 0 heterocycles. The lowest BCUT2D eigenvalue weighted by Crippen LogP contribution is -2.34. The van der Waals surface area contributed by atoms with Gasteiger partial charge in [-0.1, -0.05) is 41.9 Å². The van der Waals surface area contributed by atoms with Crippen molar-refractivity contribution >= 4 is 23.6 Å². The fraction of sp³-hybridized carbons (Fsp3) is 0.167. The van der Waals surface area contributed by atoms with E-state index < -0.39 is 18.0 Å². The SMILES string of the molecule is N#Cc1ccccc1COC(=O)CC(NC(N)=O)c1ccc(Cl)cc1. The zero-order valence-corrected chi connectivity index (χ0v) is 14.0. The molecule has 0 saturated carbocycles. The number of ether oxygens (including phenoxy) is 1. The second-order valence-corrected chi connectivity index (χ2v) is 5.68. The molecule has 2 rings (SSSR count). The van der Waals surface area contributed by atoms with E-state index in [1.54, 1.807) is 48.5 Å². The van der Waals surface area contributed by atoms with Crippen LogP contribution in [0.3, 0.4) is 0 Å². The van der Waals surface area contributed by atoms with Crippen LogP contribution in [0.15, 0.2) is 48.5 Å². The number of nitrogens with zero attached hydrogens (tertiary/aromatic N) is 1. The van der Waals surface area contributed by atoms with Gasteiger partial charge in [0.1, 0.15) is 6.61 Å². The Balaban J connectivity index is 2.03. The fourth-order valence-corrected chi connectivity index (χ4v) is 2.38. The van der Waals surface area contributed by atoms with Crippen molar-refractivity contribution in [2.45, 2.75) is 19.1 Å². The standard InChI is InChI=1S/C18H16ClN3O3/c19-15-7-5-12(6-8-15)16(22-18(21)24)9-17(23)25-11-14-4-2-1-3-13(14)10-20/h1-8,16H,9,11H2,(H3,21,22,24). The molecule has 128 valence electrons. The molecule has 0 saturated heterocycles. The monoisotopic (exact) mass is 357 g/mol. The van der Waals surface area contributed by atoms with E-state index in [-0.39, 0.29) is 13.0 Å². The van der Waals surface area contributed by atoms with Crippen LogP contribution in [0.5, 0.6) is 0 Å². The average molecular weight is 358 g/mol. The van der Waals surface area contributed by atoms with Crippen LogP contribution in [0.1, 0.15) is 29.2 Å². The largest absolute Gasteiger partial charge is 0.461 e. The second kappa shape index (κ2) is 8.71. The third-order valence-electron chi connectivity index (χ3n) is 3.49. The van der Waals surface area contributed by atoms with E-state index in [2.05, 4.69) is 5.32 Å². The van der Waals surface area contributed by atoms with Crippen molar-refractivity contribution in [2.75, 3.05) is 0 Å². The lowest BCUT2D eigenvalue weighted by molar-refractivity contribution is -0.145. The molecule has 0 aromatic heterocycles. The first kappa shape index (κ1) is 18.3. The Morgan fingerprint density at radius 3 is 2.52 bits per heavy atom. The number of nitrogens with two attached hydrogens (primary N) is 1. The first-order valence-corrected chi connectivity index (χ1v) is 7.82. The maximum absolute atomic E-state index is 12.1. The summed E-state index contributed by atoms with van der Waals surface area (Å²) >= 11 is 5.84. The summed E-state index contributed by atoms with van der Waals surface area (Å²) in [4.78, 5) is 23.3. The van der Waals surface area contributed by atoms with E-state index in [1.165, 1.54) is 0 Å². The third-order valence-corrected chi connectivity index (χ3v) is 3.74. The Hall–Kier alpha value is -3.04. The van der Waals surface area contributed by atoms with E-state index in [4.69, 9.17) is 27.3 Å². The fourth-order valence-electron chi connectivity index (χ4n) is 2.26. The van der Waals surface area contributed by atoms with Crippen molar-refractivity contribution in [3.63, 3.8) is 0 Å². The Morgan fingerprint density at radius 2 is 1.88 bits per heavy atom. The molecule has 2 aromatic carbocycles. The average Bonchev–Trinajstić information content (AvgIpc) is 2.60. The molecule has 0 radical (unpaired) electrons. The van der Waals surface area contributed by atoms with Crippen molar-refractivity contribution in [1.82, 2.24) is 5.32 Å². The molecule has 2 amide bonds. The summed E-state index contributed by atoms with van der Waals surface area (Å²) in [6, 6.07) is 14.2. The predicted octanol–water partition coefficient (Wildman–Crippen LogP) is 3.05. The number of amides is 2. The molecule has 0 aliphatic heterocycles. The summed E-state index contributed by atoms with van der Waals surface area (Å²) in [6.07, 6.45) is -0.0979. The minimum atomic E-state index is -0.748. The number of hydrogen-bond donors (Lipinski definition) is 2. The van der Waals surface area contributed by atoms with Crippen LogP contribution in [-0.4, -0.2) is 12.0 Å². The molecule has 25 heavy (non-hydrogen) atoms. The number of nitriles is 1. The topological polar surface area (TPSA) is 105 Å². The van der Waals surface area contributed by atoms with E-state index in [0.29, 0.717) is 21.7 Å². The van der Waals surface area contributed by atoms with Gasteiger partial charge < -0.3 is 15.8 Å². The highest BCUT2D eigenvalue weighted by Gasteiger charge is 2.19. The number of hydrogen-bond acceptors (Lipinski definition) is 4. The van der Waals surface area contributed by atoms with Crippen molar-refractivity contribution < 1.29 is 14.3 Å². The van der Waals surface area contributed by atoms with Crippen LogP contribution in [0.4, 0.5) is 4.79 Å². The minimum Gasteiger partial charge on any atom is -0.461 e. The highest BCUT2D eigenvalue weighted by molar-refractivity contribution is 6.30. The summed E-state index contributed by atoms with van der Waals surface area (Å²) in [5, 5.41) is 12.1. The molecule has 0 spiro atoms. The van der Waals surface area contributed by atoms with Gasteiger partial charge in [0.2, 0.25) is 0 Å². The van der Waals surface area contributed by atoms with Crippen molar-refractivity contribution in [3.05, 3.63) is 70.2 Å². The van der Waals surface area contributed by atoms with Gasteiger partial charge in [-0.05, 0) is 23.8 Å². The maximum atomic E-state index is 12.1. The molecular formula is C18H16ClN3O3. The highest BCUT2D eigenvalue weighted by Crippen LogP contribution is 2.20. The van der Waals surface area contributed by atoms with E-state index in [1.807, 2.05) is 6.07 Å². The molecule has 2 aromatic rings. The van der Waals surface area contributed by atoms with Crippen LogP contribution >= 0.6 is 11.6 Å². The molecule has 6 nitrogen and oxygen atoms in total. The van der Waals surface area contributed by atoms with Gasteiger partial charge in [-0.25, -0.2) is 4.79 Å². The Bertz CT molecular complexity index is 800. The molecule has 0 fully saturated rings. The summed E-state index contributed by atoms with van der Waals surface area (Å²) in [7, 11) is 0. The zero-order valence-electron chi connectivity index (χ0n) is 13.2. The van der Waals surface area contributed by atoms with E-state index in [9.17, 15) is 9.59 Å². The van der Waals surface area contributed by atoms with Crippen molar-refractivity contribution in [2.24, 2.45) is 5.73 Å². The van der Waals surface area contributed by atoms with E-state index >= 15 is 0 Å². The van der Waals surface area contributed by atoms with Gasteiger partial charge in [-0.3, -0.25) is 4.79 Å². The van der Waals surface area contributed by atoms with Crippen LogP contribution in [0.2, 0.25) is 5.02 Å². The molecule has 0 aliphatic rings. The molecule has 0 aliphatic carbocycles. The number of benzene rings is 2. The number of rotatable bonds is 6. The van der Waals surface area contributed by atoms with Crippen LogP contribution in [0.25, 0.3) is 0 Å². The molecular weight excluding hydrogens is 342 g/mol. The van der Waals surface area contributed by atoms with Crippen molar-refractivity contribution in [1.29, 1.82) is 5.26 Å². The van der Waals surface area contributed by atoms with Gasteiger partial charge in [0.25, 0.3) is 0 Å². The molecule has 7 heteroatoms. The molecule has 0 bridgehead atoms. The first-order chi connectivity index (χ1) is 12.0. The molecule has 1 unspecified atom stereocenters. The van der Waals surface area contributed by atoms with Gasteiger partial charge in [0.05, 0.1) is 24.1 Å². The summed E-state index contributed by atoms with van der Waals surface area (Å²) < 4.78 is 5.22. The normalized spacial score (nSPS) is 11.2. The lowest BCUT2D eigenvalue weighted by Gasteiger charge is -2.17. The Labute approximate surface area is 150 Å². The van der Waals surface area contributed by atoms with Crippen molar-refractivity contribution in [3.8, 4) is 6.07 Å². The lowest BCUT2D eigenvalue weighted by atomic mass is 10.0. The molecule has 3 N–H and O–H groups in total. The first-order valence-electron chi connectivity index (χ1n) is 7.44. The second-order valence-electron chi connectivity index (χ2n) is 5.25. The number of nitrogens with one attached hydrogen (secondary N) is 1. The Morgan fingerprint density at radius 1 is 1.20 bits per heavy atom. The van der Waals surface area contributed by atoms with Gasteiger partial charge in [0, 0.05) is 10.6 Å². The summed E-state index contributed by atoms with van der Waals surface area (Å²) in [5.41, 5.74) is 6.91. The number of primary amides is 1. The summed E-state index contributed by atoms with van der Waals surface area (Å²) in [5.74, 6) is -0.526. The van der Waals surface area contributed by atoms with Gasteiger partial charge in [0.15, 0.2) is 0 Å². The van der Waals surface area contributed by atoms with Gasteiger partial charge >= 0.3 is 12.0 Å². The van der Waals surface area contributed by atoms with Crippen LogP contribution < -0.4 is 11.1 Å². The van der Waals surface area contributed by atoms with Crippen LogP contribution in [0, 0.1) is 11.3 Å². The predicted molar refractivity (Wildman–Crippen MR) is 92.5 cm³/mol.